The fourth-order valence-corrected chi connectivity index (χ4v) is 2.93. The van der Waals surface area contributed by atoms with Gasteiger partial charge in [-0.15, -0.1) is 0 Å². The largest absolute Gasteiger partial charge is 0.493 e. The molecule has 0 saturated heterocycles. The summed E-state index contributed by atoms with van der Waals surface area (Å²) in [4.78, 5) is 12.3. The fourth-order valence-electron chi connectivity index (χ4n) is 2.93. The summed E-state index contributed by atoms with van der Waals surface area (Å²) in [5, 5.41) is 0. The predicted molar refractivity (Wildman–Crippen MR) is 89.8 cm³/mol. The Labute approximate surface area is 144 Å². The Balaban J connectivity index is 1.81. The second-order valence-electron chi connectivity index (χ2n) is 5.61. The lowest BCUT2D eigenvalue weighted by Crippen LogP contribution is -2.15. The van der Waals surface area contributed by atoms with E-state index in [9.17, 15) is 4.79 Å². The Kier molecular flexibility index (Phi) is 3.72. The van der Waals surface area contributed by atoms with Crippen LogP contribution in [-0.2, 0) is 16.1 Å². The second-order valence-corrected chi connectivity index (χ2v) is 5.61. The summed E-state index contributed by atoms with van der Waals surface area (Å²) < 4.78 is 26.7. The highest BCUT2D eigenvalue weighted by molar-refractivity contribution is 6.22. The molecule has 0 bridgehead atoms. The van der Waals surface area contributed by atoms with Crippen molar-refractivity contribution in [3.63, 3.8) is 0 Å². The summed E-state index contributed by atoms with van der Waals surface area (Å²) in [6.45, 7) is 0.407. The van der Waals surface area contributed by atoms with Gasteiger partial charge in [-0.25, -0.2) is 4.79 Å². The third-order valence-electron chi connectivity index (χ3n) is 4.19. The number of esters is 1. The molecule has 0 radical (unpaired) electrons. The van der Waals surface area contributed by atoms with Crippen LogP contribution in [0.3, 0.4) is 0 Å². The van der Waals surface area contributed by atoms with E-state index in [2.05, 4.69) is 0 Å². The zero-order valence-corrected chi connectivity index (χ0v) is 13.8. The highest BCUT2D eigenvalue weighted by Gasteiger charge is 2.26. The summed E-state index contributed by atoms with van der Waals surface area (Å²) in [7, 11) is 3.13. The third kappa shape index (κ3) is 2.65. The first-order valence-corrected chi connectivity index (χ1v) is 7.73. The summed E-state index contributed by atoms with van der Waals surface area (Å²) in [5.74, 6) is 2.14. The van der Waals surface area contributed by atoms with E-state index in [0.717, 1.165) is 16.7 Å². The van der Waals surface area contributed by atoms with Crippen LogP contribution in [0, 0.1) is 0 Å². The molecule has 128 valence electrons. The summed E-state index contributed by atoms with van der Waals surface area (Å²) in [5.41, 5.74) is 2.91. The average Bonchev–Trinajstić information content (AvgIpc) is 3.10. The third-order valence-corrected chi connectivity index (χ3v) is 4.19. The zero-order valence-electron chi connectivity index (χ0n) is 13.8. The highest BCUT2D eigenvalue weighted by atomic mass is 16.7. The van der Waals surface area contributed by atoms with Gasteiger partial charge in [-0.3, -0.25) is 0 Å². The average molecular weight is 340 g/mol. The molecule has 0 spiro atoms. The number of carbonyl (C=O) groups is 1. The van der Waals surface area contributed by atoms with Gasteiger partial charge >= 0.3 is 5.97 Å². The molecule has 0 saturated carbocycles. The van der Waals surface area contributed by atoms with E-state index >= 15 is 0 Å². The molecule has 0 amide bonds. The number of benzene rings is 2. The van der Waals surface area contributed by atoms with Crippen molar-refractivity contribution in [1.82, 2.24) is 0 Å². The topological polar surface area (TPSA) is 63.2 Å². The first-order chi connectivity index (χ1) is 12.2. The molecule has 0 aromatic heterocycles. The normalized spacial score (nSPS) is 16.4. The van der Waals surface area contributed by atoms with Crippen molar-refractivity contribution < 1.29 is 28.5 Å². The molecule has 2 aliphatic rings. The van der Waals surface area contributed by atoms with E-state index < -0.39 is 0 Å². The van der Waals surface area contributed by atoms with Crippen molar-refractivity contribution in [3.8, 4) is 23.0 Å². The molecule has 25 heavy (non-hydrogen) atoms. The van der Waals surface area contributed by atoms with E-state index in [1.807, 2.05) is 24.3 Å². The van der Waals surface area contributed by atoms with Crippen LogP contribution < -0.4 is 18.9 Å². The predicted octanol–water partition coefficient (Wildman–Crippen LogP) is 3.03. The number of fused-ring (bicyclic) bond motifs is 2. The Morgan fingerprint density at radius 1 is 0.960 bits per heavy atom. The number of hydrogen-bond acceptors (Lipinski definition) is 6. The molecule has 2 aromatic rings. The van der Waals surface area contributed by atoms with Crippen LogP contribution in [0.5, 0.6) is 23.0 Å². The Morgan fingerprint density at radius 2 is 1.72 bits per heavy atom. The molecule has 6 nitrogen and oxygen atoms in total. The van der Waals surface area contributed by atoms with Gasteiger partial charge in [0.1, 0.15) is 6.61 Å². The van der Waals surface area contributed by atoms with Gasteiger partial charge in [0.25, 0.3) is 0 Å². The van der Waals surface area contributed by atoms with Gasteiger partial charge in [0.05, 0.1) is 19.8 Å². The minimum atomic E-state index is -0.377. The molecule has 0 N–H and O–H groups in total. The number of methoxy groups -OCH3 is 2. The Morgan fingerprint density at radius 3 is 2.52 bits per heavy atom. The van der Waals surface area contributed by atoms with Gasteiger partial charge in [0.2, 0.25) is 6.79 Å². The Bertz CT molecular complexity index is 884. The van der Waals surface area contributed by atoms with Crippen molar-refractivity contribution in [2.24, 2.45) is 0 Å². The van der Waals surface area contributed by atoms with Crippen LogP contribution in [0.4, 0.5) is 0 Å². The summed E-state index contributed by atoms with van der Waals surface area (Å²) >= 11 is 0. The lowest BCUT2D eigenvalue weighted by Gasteiger charge is -2.21. The molecule has 6 heteroatoms. The SMILES string of the molecule is COc1cc2c(cc1OC)/C(=C/c1ccc3c(c1)OCO3)C(=O)OC2. The van der Waals surface area contributed by atoms with Gasteiger partial charge in [0, 0.05) is 5.56 Å². The first-order valence-electron chi connectivity index (χ1n) is 7.73. The molecule has 2 aliphatic heterocycles. The van der Waals surface area contributed by atoms with Crippen LogP contribution in [0.15, 0.2) is 30.3 Å². The summed E-state index contributed by atoms with van der Waals surface area (Å²) in [6.07, 6.45) is 1.77. The van der Waals surface area contributed by atoms with Crippen molar-refractivity contribution in [3.05, 3.63) is 47.0 Å². The van der Waals surface area contributed by atoms with Crippen molar-refractivity contribution >= 4 is 17.6 Å². The lowest BCUT2D eigenvalue weighted by molar-refractivity contribution is -0.138. The summed E-state index contributed by atoms with van der Waals surface area (Å²) in [6, 6.07) is 9.14. The highest BCUT2D eigenvalue weighted by Crippen LogP contribution is 2.38. The van der Waals surface area contributed by atoms with Crippen molar-refractivity contribution in [2.45, 2.75) is 6.61 Å². The van der Waals surface area contributed by atoms with E-state index in [1.54, 1.807) is 26.4 Å². The van der Waals surface area contributed by atoms with Gasteiger partial charge in [-0.1, -0.05) is 6.07 Å². The quantitative estimate of drug-likeness (QED) is 0.632. The molecular formula is C19H16O6. The van der Waals surface area contributed by atoms with Gasteiger partial charge in [-0.05, 0) is 41.5 Å². The minimum Gasteiger partial charge on any atom is -0.493 e. The van der Waals surface area contributed by atoms with Crippen molar-refractivity contribution in [1.29, 1.82) is 0 Å². The smallest absolute Gasteiger partial charge is 0.339 e. The lowest BCUT2D eigenvalue weighted by atomic mass is 9.95. The van der Waals surface area contributed by atoms with E-state index in [1.165, 1.54) is 0 Å². The maximum Gasteiger partial charge on any atom is 0.339 e. The molecule has 0 atom stereocenters. The maximum atomic E-state index is 12.3. The molecule has 2 heterocycles. The number of rotatable bonds is 3. The molecular weight excluding hydrogens is 324 g/mol. The zero-order chi connectivity index (χ0) is 17.4. The van der Waals surface area contributed by atoms with Crippen LogP contribution in [0.2, 0.25) is 0 Å². The van der Waals surface area contributed by atoms with Crippen LogP contribution in [-0.4, -0.2) is 27.0 Å². The molecule has 4 rings (SSSR count). The molecule has 2 aromatic carbocycles. The molecule has 0 unspecified atom stereocenters. The van der Waals surface area contributed by atoms with Gasteiger partial charge < -0.3 is 23.7 Å². The first kappa shape index (κ1) is 15.4. The van der Waals surface area contributed by atoms with E-state index in [4.69, 9.17) is 23.7 Å². The fraction of sp³-hybridized carbons (Fsp3) is 0.211. The van der Waals surface area contributed by atoms with Gasteiger partial charge in [0.15, 0.2) is 23.0 Å². The number of hydrogen-bond donors (Lipinski definition) is 0. The molecule has 0 fully saturated rings. The van der Waals surface area contributed by atoms with Crippen LogP contribution >= 0.6 is 0 Å². The minimum absolute atomic E-state index is 0.201. The number of carbonyl (C=O) groups excluding carboxylic acids is 1. The van der Waals surface area contributed by atoms with E-state index in [0.29, 0.717) is 28.6 Å². The number of cyclic esters (lactones) is 1. The Hall–Kier alpha value is -3.15. The van der Waals surface area contributed by atoms with Crippen LogP contribution in [0.1, 0.15) is 16.7 Å². The molecule has 0 aliphatic carbocycles. The maximum absolute atomic E-state index is 12.3. The second kappa shape index (κ2) is 6.05. The van der Waals surface area contributed by atoms with E-state index in [-0.39, 0.29) is 19.4 Å². The number of ether oxygens (including phenoxy) is 5. The van der Waals surface area contributed by atoms with Crippen molar-refractivity contribution in [2.75, 3.05) is 21.0 Å². The van der Waals surface area contributed by atoms with Crippen LogP contribution in [0.25, 0.3) is 11.6 Å². The van der Waals surface area contributed by atoms with Gasteiger partial charge in [-0.2, -0.15) is 0 Å². The monoisotopic (exact) mass is 340 g/mol. The standard InChI is InChI=1S/C19H16O6/c1-21-16-7-12-9-23-19(20)14(13(12)8-17(16)22-2)5-11-3-4-15-18(6-11)25-10-24-15/h3-8H,9-10H2,1-2H3/b14-5-.